The maximum Gasteiger partial charge on any atom is 0.202 e. The van der Waals surface area contributed by atoms with Crippen LogP contribution in [0.25, 0.3) is 0 Å². The van der Waals surface area contributed by atoms with Crippen LogP contribution in [0, 0.1) is 5.82 Å². The molecule has 0 saturated heterocycles. The Labute approximate surface area is 96.5 Å². The summed E-state index contributed by atoms with van der Waals surface area (Å²) >= 11 is 1.24. The van der Waals surface area contributed by atoms with Crippen LogP contribution in [0.2, 0.25) is 0 Å². The largest absolute Gasteiger partial charge is 0.356 e. The average molecular weight is 238 g/mol. The summed E-state index contributed by atoms with van der Waals surface area (Å²) in [5.74, 6) is -0.250. The van der Waals surface area contributed by atoms with Crippen LogP contribution < -0.4 is 11.1 Å². The Morgan fingerprint density at radius 1 is 1.44 bits per heavy atom. The highest BCUT2D eigenvalue weighted by Gasteiger charge is 2.03. The molecule has 0 fully saturated rings. The van der Waals surface area contributed by atoms with Crippen LogP contribution in [0.4, 0.5) is 9.52 Å². The highest BCUT2D eigenvalue weighted by Crippen LogP contribution is 2.13. The van der Waals surface area contributed by atoms with Crippen molar-refractivity contribution in [1.82, 2.24) is 9.36 Å². The van der Waals surface area contributed by atoms with Crippen molar-refractivity contribution in [3.63, 3.8) is 0 Å². The van der Waals surface area contributed by atoms with E-state index in [1.54, 1.807) is 6.07 Å². The van der Waals surface area contributed by atoms with Gasteiger partial charge in [0, 0.05) is 30.2 Å². The van der Waals surface area contributed by atoms with Gasteiger partial charge in [0.1, 0.15) is 12.1 Å². The Morgan fingerprint density at radius 2 is 2.31 bits per heavy atom. The number of nitrogens with zero attached hydrogens (tertiary/aromatic N) is 2. The second kappa shape index (κ2) is 5.00. The molecule has 1 aromatic heterocycles. The van der Waals surface area contributed by atoms with Crippen molar-refractivity contribution < 1.29 is 4.39 Å². The van der Waals surface area contributed by atoms with Gasteiger partial charge in [0.2, 0.25) is 5.13 Å². The minimum atomic E-state index is -0.250. The number of benzene rings is 1. The van der Waals surface area contributed by atoms with E-state index in [1.807, 2.05) is 6.07 Å². The molecular weight excluding hydrogens is 227 g/mol. The zero-order valence-electron chi connectivity index (χ0n) is 8.48. The van der Waals surface area contributed by atoms with Crippen LogP contribution in [0.5, 0.6) is 0 Å². The Balaban J connectivity index is 2.04. The molecule has 0 atom stereocenters. The number of rotatable bonds is 4. The third-order valence-electron chi connectivity index (χ3n) is 2.14. The minimum absolute atomic E-state index is 0.250. The molecule has 0 amide bonds. The van der Waals surface area contributed by atoms with Gasteiger partial charge in [-0.2, -0.15) is 4.37 Å². The smallest absolute Gasteiger partial charge is 0.202 e. The van der Waals surface area contributed by atoms with Gasteiger partial charge in [-0.05, 0) is 11.6 Å². The van der Waals surface area contributed by atoms with Crippen molar-refractivity contribution in [1.29, 1.82) is 0 Å². The van der Waals surface area contributed by atoms with Gasteiger partial charge < -0.3 is 11.1 Å². The van der Waals surface area contributed by atoms with E-state index in [1.165, 1.54) is 23.9 Å². The molecule has 6 heteroatoms. The lowest BCUT2D eigenvalue weighted by Gasteiger charge is -2.05. The number of aromatic nitrogens is 2. The lowest BCUT2D eigenvalue weighted by atomic mass is 10.1. The lowest BCUT2D eigenvalue weighted by molar-refractivity contribution is 0.610. The molecule has 0 aliphatic carbocycles. The monoisotopic (exact) mass is 238 g/mol. The van der Waals surface area contributed by atoms with Crippen LogP contribution in [-0.4, -0.2) is 9.36 Å². The fraction of sp³-hybridized carbons (Fsp3) is 0.200. The van der Waals surface area contributed by atoms with Crippen molar-refractivity contribution in [3.8, 4) is 0 Å². The van der Waals surface area contributed by atoms with Gasteiger partial charge in [0.25, 0.3) is 0 Å². The molecule has 16 heavy (non-hydrogen) atoms. The van der Waals surface area contributed by atoms with Crippen molar-refractivity contribution in [2.24, 2.45) is 5.73 Å². The molecule has 0 aliphatic heterocycles. The number of nitrogens with one attached hydrogen (secondary N) is 1. The van der Waals surface area contributed by atoms with Crippen LogP contribution in [-0.2, 0) is 13.1 Å². The summed E-state index contributed by atoms with van der Waals surface area (Å²) in [6.07, 6.45) is 1.46. The van der Waals surface area contributed by atoms with E-state index in [0.717, 1.165) is 5.56 Å². The molecule has 1 aromatic carbocycles. The zero-order chi connectivity index (χ0) is 11.4. The molecule has 4 nitrogen and oxygen atoms in total. The van der Waals surface area contributed by atoms with E-state index in [-0.39, 0.29) is 5.82 Å². The summed E-state index contributed by atoms with van der Waals surface area (Å²) in [4.78, 5) is 3.95. The van der Waals surface area contributed by atoms with Crippen molar-refractivity contribution in [2.45, 2.75) is 13.1 Å². The number of hydrogen-bond donors (Lipinski definition) is 2. The predicted octanol–water partition coefficient (Wildman–Crippen LogP) is 1.75. The standard InChI is InChI=1S/C10H11FN4S/c11-9-3-7(4-12)1-2-8(9)5-13-10-14-6-15-16-10/h1-3,6H,4-5,12H2,(H,13,14,15). The molecule has 0 unspecified atom stereocenters. The molecule has 3 N–H and O–H groups in total. The second-order valence-corrected chi connectivity index (χ2v) is 4.01. The number of anilines is 1. The molecule has 0 radical (unpaired) electrons. The molecule has 0 bridgehead atoms. The SMILES string of the molecule is NCc1ccc(CNc2ncns2)c(F)c1. The van der Waals surface area contributed by atoms with Crippen molar-refractivity contribution in [2.75, 3.05) is 5.32 Å². The molecule has 0 aliphatic rings. The summed E-state index contributed by atoms with van der Waals surface area (Å²) < 4.78 is 17.4. The third-order valence-corrected chi connectivity index (χ3v) is 2.77. The summed E-state index contributed by atoms with van der Waals surface area (Å²) in [6.45, 7) is 0.743. The van der Waals surface area contributed by atoms with Crippen molar-refractivity contribution >= 4 is 16.7 Å². The van der Waals surface area contributed by atoms with E-state index in [2.05, 4.69) is 14.7 Å². The molecule has 2 aromatic rings. The zero-order valence-corrected chi connectivity index (χ0v) is 9.30. The normalized spacial score (nSPS) is 10.4. The maximum absolute atomic E-state index is 13.5. The lowest BCUT2D eigenvalue weighted by Crippen LogP contribution is -2.03. The first-order valence-corrected chi connectivity index (χ1v) is 5.55. The van der Waals surface area contributed by atoms with E-state index < -0.39 is 0 Å². The first-order valence-electron chi connectivity index (χ1n) is 4.77. The molecule has 1 heterocycles. The third kappa shape index (κ3) is 2.53. The topological polar surface area (TPSA) is 63.8 Å². The van der Waals surface area contributed by atoms with Crippen molar-refractivity contribution in [3.05, 3.63) is 41.5 Å². The van der Waals surface area contributed by atoms with Gasteiger partial charge in [-0.1, -0.05) is 12.1 Å². The summed E-state index contributed by atoms with van der Waals surface area (Å²) in [7, 11) is 0. The first kappa shape index (κ1) is 11.0. The summed E-state index contributed by atoms with van der Waals surface area (Å²) in [5, 5.41) is 3.68. The average Bonchev–Trinajstić information content (AvgIpc) is 2.80. The van der Waals surface area contributed by atoms with Gasteiger partial charge in [-0.15, -0.1) is 0 Å². The van der Waals surface area contributed by atoms with E-state index in [4.69, 9.17) is 5.73 Å². The van der Waals surface area contributed by atoms with Gasteiger partial charge in [0.15, 0.2) is 0 Å². The van der Waals surface area contributed by atoms with Crippen LogP contribution >= 0.6 is 11.5 Å². The maximum atomic E-state index is 13.5. The van der Waals surface area contributed by atoms with E-state index >= 15 is 0 Å². The summed E-state index contributed by atoms with van der Waals surface area (Å²) in [5.41, 5.74) is 6.80. The Hall–Kier alpha value is -1.53. The van der Waals surface area contributed by atoms with Gasteiger partial charge in [0.05, 0.1) is 0 Å². The van der Waals surface area contributed by atoms with Crippen LogP contribution in [0.1, 0.15) is 11.1 Å². The number of halogens is 1. The Kier molecular flexibility index (Phi) is 3.43. The highest BCUT2D eigenvalue weighted by atomic mass is 32.1. The molecule has 84 valence electrons. The van der Waals surface area contributed by atoms with E-state index in [9.17, 15) is 4.39 Å². The Morgan fingerprint density at radius 3 is 2.94 bits per heavy atom. The fourth-order valence-corrected chi connectivity index (χ4v) is 1.71. The Bertz CT molecular complexity index is 458. The summed E-state index contributed by atoms with van der Waals surface area (Å²) in [6, 6.07) is 5.00. The van der Waals surface area contributed by atoms with E-state index in [0.29, 0.717) is 23.8 Å². The molecule has 2 rings (SSSR count). The fourth-order valence-electron chi connectivity index (χ4n) is 1.28. The number of hydrogen-bond acceptors (Lipinski definition) is 5. The second-order valence-electron chi connectivity index (χ2n) is 3.23. The van der Waals surface area contributed by atoms with Gasteiger partial charge in [-0.25, -0.2) is 9.37 Å². The van der Waals surface area contributed by atoms with Crippen LogP contribution in [0.3, 0.4) is 0 Å². The van der Waals surface area contributed by atoms with Gasteiger partial charge >= 0.3 is 0 Å². The first-order chi connectivity index (χ1) is 7.79. The van der Waals surface area contributed by atoms with Crippen LogP contribution in [0.15, 0.2) is 24.5 Å². The quantitative estimate of drug-likeness (QED) is 0.851. The van der Waals surface area contributed by atoms with Gasteiger partial charge in [-0.3, -0.25) is 0 Å². The minimum Gasteiger partial charge on any atom is -0.356 e. The highest BCUT2D eigenvalue weighted by molar-refractivity contribution is 7.09. The molecule has 0 saturated carbocycles. The number of nitrogens with two attached hydrogens (primary N) is 1. The predicted molar refractivity (Wildman–Crippen MR) is 61.5 cm³/mol. The molecular formula is C10H11FN4S. The molecule has 0 spiro atoms.